The van der Waals surface area contributed by atoms with Gasteiger partial charge in [0.2, 0.25) is 0 Å². The van der Waals surface area contributed by atoms with Crippen LogP contribution in [0.2, 0.25) is 0 Å². The molecule has 3 aromatic rings. The van der Waals surface area contributed by atoms with E-state index in [1.54, 1.807) is 0 Å². The number of carbonyl (C=O) groups is 2. The summed E-state index contributed by atoms with van der Waals surface area (Å²) in [6, 6.07) is 10.6. The van der Waals surface area contributed by atoms with Crippen LogP contribution >= 0.6 is 0 Å². The van der Waals surface area contributed by atoms with Crippen molar-refractivity contribution < 1.29 is 30.8 Å². The zero-order valence-corrected chi connectivity index (χ0v) is 18.3. The summed E-state index contributed by atoms with van der Waals surface area (Å²) in [4.78, 5) is 27.6. The number of halogens is 1. The Kier molecular flexibility index (Phi) is 2.89. The number of nitrogens with one attached hydrogen (secondary N) is 1. The molecule has 3 aromatic carbocycles. The second-order valence-electron chi connectivity index (χ2n) is 9.03. The number of Topliss-reactive ketones (excluding diaryl/α,β-unsaturated/α-hetero) is 1. The molecular weight excluding hydrogens is 485 g/mol. The summed E-state index contributed by atoms with van der Waals surface area (Å²) in [5.41, 5.74) is 11.2. The van der Waals surface area contributed by atoms with Crippen LogP contribution in [0.1, 0.15) is 65.6 Å². The first-order valence-corrected chi connectivity index (χ1v) is 13.6. The van der Waals surface area contributed by atoms with Crippen LogP contribution in [0.25, 0.3) is 16.3 Å². The van der Waals surface area contributed by atoms with Gasteiger partial charge in [-0.1, -0.05) is 0 Å². The fourth-order valence-corrected chi connectivity index (χ4v) is 9.25. The Morgan fingerprint density at radius 1 is 0.833 bits per heavy atom. The predicted molar refractivity (Wildman–Crippen MR) is 111 cm³/mol. The van der Waals surface area contributed by atoms with Crippen LogP contribution < -0.4 is 26.5 Å². The number of carbonyl (C=O) groups excluding carboxylic acids is 2. The number of hydrogen-bond acceptors (Lipinski definition) is 3. The molecule has 3 nitrogen and oxygen atoms in total. The molecule has 2 unspecified atom stereocenters. The molecule has 0 saturated heterocycles. The van der Waals surface area contributed by atoms with Crippen LogP contribution in [-0.2, 0) is 15.4 Å². The van der Waals surface area contributed by atoms with Crippen LogP contribution in [0.15, 0.2) is 36.4 Å². The van der Waals surface area contributed by atoms with Gasteiger partial charge in [-0.15, -0.1) is 0 Å². The van der Waals surface area contributed by atoms with E-state index in [0.29, 0.717) is 0 Å². The Labute approximate surface area is 183 Å². The number of alkyl halides is 2. The number of benzene rings is 3. The standard InChI is InChI=1S/C26H17INO2/c29-25-16-4-2-12-9-28-10-14-6-18-24(22(16)20(12)14)23-17(25)5-13-8-27-7-11-1-3-15(26(18)30)21(23)19(11)13/h1-6,18,24,28H,7-10H2/q-1. The van der Waals surface area contributed by atoms with Gasteiger partial charge in [0, 0.05) is 0 Å². The first-order chi connectivity index (χ1) is 14.7. The van der Waals surface area contributed by atoms with Gasteiger partial charge in [0.05, 0.1) is 0 Å². The second kappa shape index (κ2) is 5.29. The van der Waals surface area contributed by atoms with E-state index in [1.807, 2.05) is 6.07 Å². The molecule has 3 aliphatic carbocycles. The molecule has 0 radical (unpaired) electrons. The van der Waals surface area contributed by atoms with E-state index in [4.69, 9.17) is 0 Å². The van der Waals surface area contributed by atoms with Crippen molar-refractivity contribution in [2.24, 2.45) is 5.92 Å². The van der Waals surface area contributed by atoms with Crippen LogP contribution in [0, 0.1) is 5.92 Å². The number of rotatable bonds is 0. The molecule has 0 bridgehead atoms. The van der Waals surface area contributed by atoms with Crippen LogP contribution in [0.3, 0.4) is 0 Å². The molecule has 0 aromatic heterocycles. The molecule has 8 rings (SSSR count). The zero-order chi connectivity index (χ0) is 19.7. The van der Waals surface area contributed by atoms with Crippen molar-refractivity contribution in [3.8, 4) is 0 Å². The third-order valence-corrected chi connectivity index (χ3v) is 10.4. The van der Waals surface area contributed by atoms with Gasteiger partial charge in [-0.05, 0) is 0 Å². The van der Waals surface area contributed by atoms with Gasteiger partial charge < -0.3 is 0 Å². The van der Waals surface area contributed by atoms with E-state index in [9.17, 15) is 9.59 Å². The van der Waals surface area contributed by atoms with E-state index < -0.39 is 0 Å². The number of hydrogen-bond donors (Lipinski definition) is 1. The van der Waals surface area contributed by atoms with Gasteiger partial charge in [0.15, 0.2) is 0 Å². The van der Waals surface area contributed by atoms with Gasteiger partial charge in [0.1, 0.15) is 0 Å². The van der Waals surface area contributed by atoms with Crippen molar-refractivity contribution in [2.45, 2.75) is 21.3 Å². The van der Waals surface area contributed by atoms with E-state index in [0.717, 1.165) is 50.7 Å². The fourth-order valence-electron chi connectivity index (χ4n) is 6.58. The predicted octanol–water partition coefficient (Wildman–Crippen LogP) is 0.931. The SMILES string of the molecule is O=C1c2ccc3c4c2C2c5c1cc1c6c(ccc(c56)C(=O)C2C=C4CNC3)C[I-]C1. The molecule has 30 heavy (non-hydrogen) atoms. The third kappa shape index (κ3) is 1.71. The summed E-state index contributed by atoms with van der Waals surface area (Å²) in [6.07, 6.45) is 2.21. The second-order valence-corrected chi connectivity index (χ2v) is 11.6. The van der Waals surface area contributed by atoms with E-state index >= 15 is 0 Å². The summed E-state index contributed by atoms with van der Waals surface area (Å²) in [5.74, 6) is 0.184. The van der Waals surface area contributed by atoms with Gasteiger partial charge in [-0.3, -0.25) is 0 Å². The molecule has 0 saturated carbocycles. The average molecular weight is 502 g/mol. The molecule has 146 valence electrons. The van der Waals surface area contributed by atoms with Crippen LogP contribution in [-0.4, -0.2) is 18.1 Å². The van der Waals surface area contributed by atoms with E-state index in [1.165, 1.54) is 37.6 Å². The van der Waals surface area contributed by atoms with Crippen molar-refractivity contribution in [1.29, 1.82) is 0 Å². The molecular formula is C26H17INO2-. The Balaban J connectivity index is 1.60. The molecule has 2 heterocycles. The molecule has 4 heteroatoms. The summed E-state index contributed by atoms with van der Waals surface area (Å²) in [6.45, 7) is 1.59. The third-order valence-electron chi connectivity index (χ3n) is 7.67. The monoisotopic (exact) mass is 502 g/mol. The van der Waals surface area contributed by atoms with Gasteiger partial charge in [0.25, 0.3) is 0 Å². The Morgan fingerprint density at radius 2 is 1.67 bits per heavy atom. The van der Waals surface area contributed by atoms with Crippen molar-refractivity contribution in [1.82, 2.24) is 5.32 Å². The molecule has 0 spiro atoms. The maximum absolute atomic E-state index is 13.8. The Bertz CT molecular complexity index is 1450. The maximum atomic E-state index is 13.8. The fraction of sp³-hybridized carbons (Fsp3) is 0.231. The van der Waals surface area contributed by atoms with Gasteiger partial charge in [-0.2, -0.15) is 0 Å². The van der Waals surface area contributed by atoms with Crippen molar-refractivity contribution >= 4 is 27.9 Å². The van der Waals surface area contributed by atoms with Crippen molar-refractivity contribution in [3.63, 3.8) is 0 Å². The topological polar surface area (TPSA) is 46.2 Å². The minimum atomic E-state index is -0.198. The molecule has 2 atom stereocenters. The average Bonchev–Trinajstić information content (AvgIpc) is 2.78. The quantitative estimate of drug-likeness (QED) is 0.368. The van der Waals surface area contributed by atoms with E-state index in [-0.39, 0.29) is 44.6 Å². The normalized spacial score (nSPS) is 24.5. The summed E-state index contributed by atoms with van der Waals surface area (Å²) < 4.78 is 2.26. The Hall–Kier alpha value is -2.31. The summed E-state index contributed by atoms with van der Waals surface area (Å²) >= 11 is 0.0802. The molecule has 5 aliphatic rings. The zero-order valence-electron chi connectivity index (χ0n) is 16.1. The number of allylic oxidation sites excluding steroid dienone is 1. The van der Waals surface area contributed by atoms with Gasteiger partial charge in [-0.25, -0.2) is 0 Å². The minimum absolute atomic E-state index is 0.00887. The van der Waals surface area contributed by atoms with Crippen LogP contribution in [0.4, 0.5) is 0 Å². The van der Waals surface area contributed by atoms with Crippen molar-refractivity contribution in [3.05, 3.63) is 86.5 Å². The Morgan fingerprint density at radius 3 is 2.60 bits per heavy atom. The first-order valence-electron chi connectivity index (χ1n) is 10.5. The van der Waals surface area contributed by atoms with Crippen molar-refractivity contribution in [2.75, 3.05) is 6.54 Å². The first kappa shape index (κ1) is 16.4. The van der Waals surface area contributed by atoms with E-state index in [2.05, 4.69) is 35.7 Å². The summed E-state index contributed by atoms with van der Waals surface area (Å²) in [7, 11) is 0. The molecule has 0 fully saturated rings. The van der Waals surface area contributed by atoms with Crippen LogP contribution in [0.5, 0.6) is 0 Å². The molecule has 0 amide bonds. The molecule has 1 N–H and O–H groups in total. The molecule has 2 aliphatic heterocycles. The number of ketones is 2. The van der Waals surface area contributed by atoms with Gasteiger partial charge >= 0.3 is 184 Å². The summed E-state index contributed by atoms with van der Waals surface area (Å²) in [5, 5.41) is 5.87.